The third kappa shape index (κ3) is 5.13. The minimum absolute atomic E-state index is 0.662. The van der Waals surface area contributed by atoms with E-state index in [1.54, 1.807) is 0 Å². The highest BCUT2D eigenvalue weighted by molar-refractivity contribution is 7.99. The summed E-state index contributed by atoms with van der Waals surface area (Å²) < 4.78 is 0. The van der Waals surface area contributed by atoms with Crippen LogP contribution in [0.3, 0.4) is 0 Å². The SMILES string of the molecule is CCNCC(CCSCC)c1ccccc1C. The summed E-state index contributed by atoms with van der Waals surface area (Å²) in [7, 11) is 0. The molecule has 0 bridgehead atoms. The first kappa shape index (κ1) is 14.6. The van der Waals surface area contributed by atoms with Crippen LogP contribution in [0.2, 0.25) is 0 Å². The summed E-state index contributed by atoms with van der Waals surface area (Å²) in [6.45, 7) is 8.80. The fraction of sp³-hybridized carbons (Fsp3) is 0.600. The monoisotopic (exact) mass is 251 g/mol. The van der Waals surface area contributed by atoms with E-state index in [1.165, 1.54) is 29.1 Å². The number of hydrogen-bond donors (Lipinski definition) is 1. The van der Waals surface area contributed by atoms with Crippen molar-refractivity contribution in [2.75, 3.05) is 24.6 Å². The molecule has 0 radical (unpaired) electrons. The molecule has 0 amide bonds. The van der Waals surface area contributed by atoms with Gasteiger partial charge in [-0.15, -0.1) is 0 Å². The fourth-order valence-corrected chi connectivity index (χ4v) is 2.84. The zero-order chi connectivity index (χ0) is 12.5. The minimum atomic E-state index is 0.662. The third-order valence-corrected chi connectivity index (χ3v) is 4.02. The highest BCUT2D eigenvalue weighted by atomic mass is 32.2. The topological polar surface area (TPSA) is 12.0 Å². The second-order valence-corrected chi connectivity index (χ2v) is 5.74. The van der Waals surface area contributed by atoms with Crippen molar-refractivity contribution in [3.63, 3.8) is 0 Å². The van der Waals surface area contributed by atoms with Gasteiger partial charge >= 0.3 is 0 Å². The zero-order valence-corrected chi connectivity index (χ0v) is 12.1. The molecule has 0 heterocycles. The van der Waals surface area contributed by atoms with Crippen LogP contribution in [-0.2, 0) is 0 Å². The Kier molecular flexibility index (Phi) is 7.38. The number of benzene rings is 1. The molecule has 0 aliphatic heterocycles. The normalized spacial score (nSPS) is 12.6. The summed E-state index contributed by atoms with van der Waals surface area (Å²) >= 11 is 2.04. The van der Waals surface area contributed by atoms with E-state index in [-0.39, 0.29) is 0 Å². The Labute approximate surface area is 110 Å². The molecule has 0 aliphatic rings. The molecule has 1 rings (SSSR count). The van der Waals surface area contributed by atoms with Crippen molar-refractivity contribution in [3.05, 3.63) is 35.4 Å². The van der Waals surface area contributed by atoms with Crippen LogP contribution >= 0.6 is 11.8 Å². The van der Waals surface area contributed by atoms with Gasteiger partial charge in [0.25, 0.3) is 0 Å². The van der Waals surface area contributed by atoms with Crippen molar-refractivity contribution in [2.24, 2.45) is 0 Å². The number of aryl methyl sites for hydroxylation is 1. The second kappa shape index (κ2) is 8.60. The number of nitrogens with one attached hydrogen (secondary N) is 1. The summed E-state index contributed by atoms with van der Waals surface area (Å²) in [5.74, 6) is 3.15. The van der Waals surface area contributed by atoms with Crippen LogP contribution in [-0.4, -0.2) is 24.6 Å². The first-order valence-corrected chi connectivity index (χ1v) is 7.79. The van der Waals surface area contributed by atoms with Crippen molar-refractivity contribution in [1.82, 2.24) is 5.32 Å². The summed E-state index contributed by atoms with van der Waals surface area (Å²) in [4.78, 5) is 0. The standard InChI is InChI=1S/C15H25NS/c1-4-16-12-14(10-11-17-5-2)15-9-7-6-8-13(15)3/h6-9,14,16H,4-5,10-12H2,1-3H3. The van der Waals surface area contributed by atoms with Gasteiger partial charge in [0, 0.05) is 6.54 Å². The van der Waals surface area contributed by atoms with E-state index in [1.807, 2.05) is 11.8 Å². The molecule has 0 fully saturated rings. The predicted octanol–water partition coefficient (Wildman–Crippen LogP) is 3.83. The fourth-order valence-electron chi connectivity index (χ4n) is 2.10. The third-order valence-electron chi connectivity index (χ3n) is 3.08. The van der Waals surface area contributed by atoms with Crippen LogP contribution in [0.25, 0.3) is 0 Å². The van der Waals surface area contributed by atoms with E-state index >= 15 is 0 Å². The molecule has 2 heteroatoms. The number of rotatable bonds is 8. The van der Waals surface area contributed by atoms with Gasteiger partial charge in [0.05, 0.1) is 0 Å². The predicted molar refractivity (Wildman–Crippen MR) is 80.1 cm³/mol. The van der Waals surface area contributed by atoms with Gasteiger partial charge in [-0.1, -0.05) is 38.1 Å². The Bertz CT molecular complexity index is 312. The lowest BCUT2D eigenvalue weighted by atomic mass is 9.92. The second-order valence-electron chi connectivity index (χ2n) is 4.35. The van der Waals surface area contributed by atoms with Crippen LogP contribution in [0.15, 0.2) is 24.3 Å². The van der Waals surface area contributed by atoms with E-state index in [2.05, 4.69) is 50.4 Å². The van der Waals surface area contributed by atoms with Gasteiger partial charge in [-0.2, -0.15) is 11.8 Å². The Balaban J connectivity index is 2.64. The number of hydrogen-bond acceptors (Lipinski definition) is 2. The smallest absolute Gasteiger partial charge is 0.00204 e. The lowest BCUT2D eigenvalue weighted by Gasteiger charge is -2.19. The summed E-state index contributed by atoms with van der Waals surface area (Å²) in [5, 5.41) is 3.49. The average Bonchev–Trinajstić information content (AvgIpc) is 2.35. The van der Waals surface area contributed by atoms with Gasteiger partial charge in [0.15, 0.2) is 0 Å². The van der Waals surface area contributed by atoms with Crippen molar-refractivity contribution in [3.8, 4) is 0 Å². The number of likely N-dealkylation sites (N-methyl/N-ethyl adjacent to an activating group) is 1. The molecule has 1 atom stereocenters. The van der Waals surface area contributed by atoms with Crippen LogP contribution in [0.4, 0.5) is 0 Å². The van der Waals surface area contributed by atoms with Crippen LogP contribution in [0.5, 0.6) is 0 Å². The molecule has 0 saturated carbocycles. The van der Waals surface area contributed by atoms with Gasteiger partial charge < -0.3 is 5.32 Å². The highest BCUT2D eigenvalue weighted by Gasteiger charge is 2.12. The van der Waals surface area contributed by atoms with Gasteiger partial charge in [0.2, 0.25) is 0 Å². The van der Waals surface area contributed by atoms with Crippen molar-refractivity contribution < 1.29 is 0 Å². The molecular weight excluding hydrogens is 226 g/mol. The molecule has 1 unspecified atom stereocenters. The van der Waals surface area contributed by atoms with Crippen LogP contribution < -0.4 is 5.32 Å². The molecule has 0 saturated heterocycles. The quantitative estimate of drug-likeness (QED) is 0.705. The van der Waals surface area contributed by atoms with E-state index in [9.17, 15) is 0 Å². The Morgan fingerprint density at radius 3 is 2.65 bits per heavy atom. The van der Waals surface area contributed by atoms with Gasteiger partial charge in [-0.05, 0) is 48.4 Å². The summed E-state index contributed by atoms with van der Waals surface area (Å²) in [5.41, 5.74) is 2.95. The molecule has 1 N–H and O–H groups in total. The van der Waals surface area contributed by atoms with Gasteiger partial charge in [-0.3, -0.25) is 0 Å². The minimum Gasteiger partial charge on any atom is -0.316 e. The average molecular weight is 251 g/mol. The molecular formula is C15H25NS. The van der Waals surface area contributed by atoms with Gasteiger partial charge in [-0.25, -0.2) is 0 Å². The Morgan fingerprint density at radius 2 is 2.00 bits per heavy atom. The Hall–Kier alpha value is -0.470. The van der Waals surface area contributed by atoms with E-state index in [0.29, 0.717) is 5.92 Å². The molecule has 0 spiro atoms. The molecule has 17 heavy (non-hydrogen) atoms. The largest absolute Gasteiger partial charge is 0.316 e. The number of thioether (sulfide) groups is 1. The van der Waals surface area contributed by atoms with Crippen molar-refractivity contribution in [1.29, 1.82) is 0 Å². The zero-order valence-electron chi connectivity index (χ0n) is 11.3. The Morgan fingerprint density at radius 1 is 1.24 bits per heavy atom. The molecule has 0 aromatic heterocycles. The highest BCUT2D eigenvalue weighted by Crippen LogP contribution is 2.24. The van der Waals surface area contributed by atoms with E-state index in [0.717, 1.165) is 13.1 Å². The maximum atomic E-state index is 3.49. The lowest BCUT2D eigenvalue weighted by molar-refractivity contribution is 0.585. The lowest BCUT2D eigenvalue weighted by Crippen LogP contribution is -2.22. The summed E-state index contributed by atoms with van der Waals surface area (Å²) in [6, 6.07) is 8.80. The molecule has 1 nitrogen and oxygen atoms in total. The molecule has 1 aromatic rings. The molecule has 96 valence electrons. The first-order valence-electron chi connectivity index (χ1n) is 6.63. The molecule has 0 aliphatic carbocycles. The van der Waals surface area contributed by atoms with E-state index < -0.39 is 0 Å². The van der Waals surface area contributed by atoms with Crippen LogP contribution in [0, 0.1) is 6.92 Å². The van der Waals surface area contributed by atoms with Crippen molar-refractivity contribution >= 4 is 11.8 Å². The first-order chi connectivity index (χ1) is 8.29. The van der Waals surface area contributed by atoms with Crippen molar-refractivity contribution in [2.45, 2.75) is 33.1 Å². The molecule has 1 aromatic carbocycles. The van der Waals surface area contributed by atoms with E-state index in [4.69, 9.17) is 0 Å². The van der Waals surface area contributed by atoms with Crippen LogP contribution in [0.1, 0.15) is 37.3 Å². The van der Waals surface area contributed by atoms with Gasteiger partial charge in [0.1, 0.15) is 0 Å². The summed E-state index contributed by atoms with van der Waals surface area (Å²) in [6.07, 6.45) is 1.27. The maximum absolute atomic E-state index is 3.49. The maximum Gasteiger partial charge on any atom is 0.00204 e.